The number of nitrogens with one attached hydrogen (secondary N) is 1. The predicted octanol–water partition coefficient (Wildman–Crippen LogP) is -0.913. The normalized spacial score (nSPS) is 24.2. The second kappa shape index (κ2) is 3.99. The number of carboxylic acids is 1. The highest BCUT2D eigenvalue weighted by molar-refractivity contribution is 6.06. The summed E-state index contributed by atoms with van der Waals surface area (Å²) in [5.41, 5.74) is -0.805. The molecule has 2 fully saturated rings. The van der Waals surface area contributed by atoms with Gasteiger partial charge in [0.05, 0.1) is 6.54 Å². The molecule has 0 aliphatic carbocycles. The largest absolute Gasteiger partial charge is 0.480 e. The van der Waals surface area contributed by atoms with Crippen LogP contribution in [0.1, 0.15) is 12.8 Å². The molecule has 2 rings (SSSR count). The molecule has 0 bridgehead atoms. The number of rotatable bonds is 2. The minimum atomic E-state index is -0.875. The Morgan fingerprint density at radius 1 is 1.41 bits per heavy atom. The third-order valence-electron chi connectivity index (χ3n) is 3.43. The Hall–Kier alpha value is -1.63. The van der Waals surface area contributed by atoms with Gasteiger partial charge < -0.3 is 10.4 Å². The molecule has 1 spiro atoms. The van der Waals surface area contributed by atoms with Gasteiger partial charge >= 0.3 is 12.0 Å². The monoisotopic (exact) mass is 241 g/mol. The summed E-state index contributed by atoms with van der Waals surface area (Å²) >= 11 is 0. The van der Waals surface area contributed by atoms with Gasteiger partial charge in [0.2, 0.25) is 0 Å². The van der Waals surface area contributed by atoms with Crippen LogP contribution in [0.4, 0.5) is 4.79 Å². The summed E-state index contributed by atoms with van der Waals surface area (Å²) in [7, 11) is 1.45. The van der Waals surface area contributed by atoms with Crippen molar-refractivity contribution in [3.05, 3.63) is 0 Å². The van der Waals surface area contributed by atoms with E-state index in [1.165, 1.54) is 7.05 Å². The molecule has 2 aliphatic heterocycles. The number of nitrogens with zero attached hydrogens (tertiary/aromatic N) is 2. The SMILES string of the molecule is CN1C(=O)NC2(CCN(CC(=O)O)CC2)C1=O. The first-order chi connectivity index (χ1) is 7.94. The van der Waals surface area contributed by atoms with Crippen LogP contribution in [-0.2, 0) is 9.59 Å². The Kier molecular flexibility index (Phi) is 2.78. The van der Waals surface area contributed by atoms with Crippen molar-refractivity contribution in [2.24, 2.45) is 0 Å². The summed E-state index contributed by atoms with van der Waals surface area (Å²) in [6.07, 6.45) is 0.935. The van der Waals surface area contributed by atoms with Crippen LogP contribution >= 0.6 is 0 Å². The highest BCUT2D eigenvalue weighted by Crippen LogP contribution is 2.28. The van der Waals surface area contributed by atoms with Crippen molar-refractivity contribution in [3.63, 3.8) is 0 Å². The maximum atomic E-state index is 11.9. The molecular weight excluding hydrogens is 226 g/mol. The lowest BCUT2D eigenvalue weighted by atomic mass is 9.87. The molecule has 2 aliphatic rings. The summed E-state index contributed by atoms with van der Waals surface area (Å²) in [6, 6.07) is -0.373. The highest BCUT2D eigenvalue weighted by atomic mass is 16.4. The maximum Gasteiger partial charge on any atom is 0.324 e. The number of carbonyl (C=O) groups is 3. The lowest BCUT2D eigenvalue weighted by Gasteiger charge is -2.36. The number of likely N-dealkylation sites (tertiary alicyclic amines) is 1. The number of imide groups is 1. The van der Waals surface area contributed by atoms with Gasteiger partial charge in [0.1, 0.15) is 5.54 Å². The molecule has 0 unspecified atom stereocenters. The van der Waals surface area contributed by atoms with Crippen LogP contribution < -0.4 is 5.32 Å². The van der Waals surface area contributed by atoms with E-state index < -0.39 is 11.5 Å². The van der Waals surface area contributed by atoms with Gasteiger partial charge in [-0.3, -0.25) is 19.4 Å². The molecular formula is C10H15N3O4. The van der Waals surface area contributed by atoms with Crippen LogP contribution in [-0.4, -0.2) is 65.0 Å². The van der Waals surface area contributed by atoms with Crippen LogP contribution in [0.2, 0.25) is 0 Å². The van der Waals surface area contributed by atoms with Gasteiger partial charge in [-0.25, -0.2) is 4.79 Å². The van der Waals surface area contributed by atoms with Crippen molar-refractivity contribution in [2.45, 2.75) is 18.4 Å². The molecule has 2 heterocycles. The molecule has 0 saturated carbocycles. The predicted molar refractivity (Wildman–Crippen MR) is 57.3 cm³/mol. The van der Waals surface area contributed by atoms with Crippen LogP contribution in [0.5, 0.6) is 0 Å². The van der Waals surface area contributed by atoms with Crippen molar-refractivity contribution in [1.29, 1.82) is 0 Å². The number of aliphatic carboxylic acids is 1. The lowest BCUT2D eigenvalue weighted by Crippen LogP contribution is -2.55. The van der Waals surface area contributed by atoms with E-state index in [4.69, 9.17) is 5.11 Å². The molecule has 0 radical (unpaired) electrons. The first kappa shape index (κ1) is 11.8. The van der Waals surface area contributed by atoms with E-state index in [0.717, 1.165) is 4.90 Å². The number of amides is 3. The van der Waals surface area contributed by atoms with Crippen molar-refractivity contribution < 1.29 is 19.5 Å². The van der Waals surface area contributed by atoms with Gasteiger partial charge in [0.25, 0.3) is 5.91 Å². The van der Waals surface area contributed by atoms with Crippen molar-refractivity contribution in [2.75, 3.05) is 26.7 Å². The molecule has 0 atom stereocenters. The van der Waals surface area contributed by atoms with Gasteiger partial charge in [-0.15, -0.1) is 0 Å². The second-order valence-electron chi connectivity index (χ2n) is 4.55. The molecule has 2 N–H and O–H groups in total. The molecule has 0 aromatic rings. The van der Waals surface area contributed by atoms with Gasteiger partial charge in [0.15, 0.2) is 0 Å². The standard InChI is InChI=1S/C10H15N3O4/c1-12-8(16)10(11-9(12)17)2-4-13(5-3-10)6-7(14)15/h2-6H2,1H3,(H,11,17)(H,14,15). The number of urea groups is 1. The van der Waals surface area contributed by atoms with Crippen LogP contribution in [0.3, 0.4) is 0 Å². The Bertz CT molecular complexity index is 374. The second-order valence-corrected chi connectivity index (χ2v) is 4.55. The number of carboxylic acid groups (broad SMARTS) is 1. The number of hydrogen-bond acceptors (Lipinski definition) is 4. The third-order valence-corrected chi connectivity index (χ3v) is 3.43. The van der Waals surface area contributed by atoms with Crippen molar-refractivity contribution >= 4 is 17.9 Å². The molecule has 17 heavy (non-hydrogen) atoms. The zero-order chi connectivity index (χ0) is 12.6. The maximum absolute atomic E-state index is 11.9. The summed E-state index contributed by atoms with van der Waals surface area (Å²) < 4.78 is 0. The number of piperidine rings is 1. The zero-order valence-corrected chi connectivity index (χ0v) is 9.60. The Morgan fingerprint density at radius 3 is 2.41 bits per heavy atom. The first-order valence-corrected chi connectivity index (χ1v) is 5.49. The summed E-state index contributed by atoms with van der Waals surface area (Å²) in [5, 5.41) is 11.4. The molecule has 7 heteroatoms. The Morgan fingerprint density at radius 2 is 2.00 bits per heavy atom. The van der Waals surface area contributed by atoms with Crippen LogP contribution in [0, 0.1) is 0 Å². The number of likely N-dealkylation sites (N-methyl/N-ethyl adjacent to an activating group) is 1. The van der Waals surface area contributed by atoms with E-state index >= 15 is 0 Å². The third kappa shape index (κ3) is 1.97. The molecule has 0 aromatic heterocycles. The van der Waals surface area contributed by atoms with Gasteiger partial charge in [0, 0.05) is 20.1 Å². The quantitative estimate of drug-likeness (QED) is 0.611. The van der Waals surface area contributed by atoms with E-state index in [0.29, 0.717) is 25.9 Å². The molecule has 2 saturated heterocycles. The molecule has 94 valence electrons. The highest BCUT2D eigenvalue weighted by Gasteiger charge is 2.50. The minimum Gasteiger partial charge on any atom is -0.480 e. The average Bonchev–Trinajstić information content (AvgIpc) is 2.47. The lowest BCUT2D eigenvalue weighted by molar-refractivity contribution is -0.139. The van der Waals surface area contributed by atoms with E-state index in [9.17, 15) is 14.4 Å². The number of hydrogen-bond donors (Lipinski definition) is 2. The smallest absolute Gasteiger partial charge is 0.324 e. The molecule has 0 aromatic carbocycles. The fraction of sp³-hybridized carbons (Fsp3) is 0.700. The van der Waals surface area contributed by atoms with Gasteiger partial charge in [-0.1, -0.05) is 0 Å². The fourth-order valence-electron chi connectivity index (χ4n) is 2.38. The van der Waals surface area contributed by atoms with Gasteiger partial charge in [-0.2, -0.15) is 0 Å². The summed E-state index contributed by atoms with van der Waals surface area (Å²) in [6.45, 7) is 0.992. The number of carbonyl (C=O) groups excluding carboxylic acids is 2. The van der Waals surface area contributed by atoms with E-state index in [2.05, 4.69) is 5.32 Å². The molecule has 7 nitrogen and oxygen atoms in total. The fourth-order valence-corrected chi connectivity index (χ4v) is 2.38. The average molecular weight is 241 g/mol. The van der Waals surface area contributed by atoms with Crippen molar-refractivity contribution in [1.82, 2.24) is 15.1 Å². The Labute approximate surface area is 98.4 Å². The summed E-state index contributed by atoms with van der Waals surface area (Å²) in [5.74, 6) is -1.09. The Balaban J connectivity index is 2.01. The van der Waals surface area contributed by atoms with E-state index in [1.54, 1.807) is 4.90 Å². The zero-order valence-electron chi connectivity index (χ0n) is 9.60. The minimum absolute atomic E-state index is 0.0198. The molecule has 3 amide bonds. The van der Waals surface area contributed by atoms with Crippen LogP contribution in [0.15, 0.2) is 0 Å². The van der Waals surface area contributed by atoms with E-state index in [1.807, 2.05) is 0 Å². The van der Waals surface area contributed by atoms with E-state index in [-0.39, 0.29) is 18.5 Å². The summed E-state index contributed by atoms with van der Waals surface area (Å²) in [4.78, 5) is 36.8. The van der Waals surface area contributed by atoms with Gasteiger partial charge in [-0.05, 0) is 12.8 Å². The topological polar surface area (TPSA) is 90.0 Å². The first-order valence-electron chi connectivity index (χ1n) is 5.49. The van der Waals surface area contributed by atoms with Crippen molar-refractivity contribution in [3.8, 4) is 0 Å². The van der Waals surface area contributed by atoms with Crippen LogP contribution in [0.25, 0.3) is 0 Å².